The van der Waals surface area contributed by atoms with Crippen LogP contribution in [0.3, 0.4) is 0 Å². The lowest BCUT2D eigenvalue weighted by molar-refractivity contribution is -0.124. The zero-order chi connectivity index (χ0) is 22.4. The Morgan fingerprint density at radius 2 is 1.94 bits per heavy atom. The van der Waals surface area contributed by atoms with Crippen molar-refractivity contribution in [1.82, 2.24) is 4.90 Å². The minimum Gasteiger partial charge on any atom is -0.497 e. The Balaban J connectivity index is 1.54. The highest BCUT2D eigenvalue weighted by Crippen LogP contribution is 2.62. The number of benzene rings is 2. The van der Waals surface area contributed by atoms with E-state index in [1.165, 1.54) is 4.90 Å². The fraction of sp³-hybridized carbons (Fsp3) is 0.417. The van der Waals surface area contributed by atoms with Crippen LogP contribution < -0.4 is 14.5 Å². The van der Waals surface area contributed by atoms with Gasteiger partial charge in [0.05, 0.1) is 40.9 Å². The first-order chi connectivity index (χ1) is 15.4. The number of likely N-dealkylation sites (N-methyl/N-ethyl adjacent to an activating group) is 1. The van der Waals surface area contributed by atoms with Gasteiger partial charge in [0.25, 0.3) is 0 Å². The molecule has 4 heterocycles. The minimum absolute atomic E-state index is 0.0316. The second-order valence-corrected chi connectivity index (χ2v) is 10.0. The number of carbonyl (C=O) groups is 2. The summed E-state index contributed by atoms with van der Waals surface area (Å²) < 4.78 is 5.33. The largest absolute Gasteiger partial charge is 0.497 e. The maximum atomic E-state index is 14.0. The van der Waals surface area contributed by atoms with Crippen LogP contribution in [0.5, 0.6) is 5.75 Å². The number of ether oxygens (including phenoxy) is 1. The molecule has 6 rings (SSSR count). The molecule has 0 radical (unpaired) electrons. The number of hydrogen-bond donors (Lipinski definition) is 0. The molecule has 2 amide bonds. The predicted octanol–water partition coefficient (Wildman–Crippen LogP) is 3.93. The molecule has 8 heteroatoms. The molecule has 0 saturated carbocycles. The Kier molecular flexibility index (Phi) is 4.36. The summed E-state index contributed by atoms with van der Waals surface area (Å²) in [5.74, 6) is -0.522. The van der Waals surface area contributed by atoms with Gasteiger partial charge in [0.1, 0.15) is 5.75 Å². The molecule has 0 bridgehead atoms. The quantitative estimate of drug-likeness (QED) is 0.621. The third kappa shape index (κ3) is 2.40. The van der Waals surface area contributed by atoms with Crippen molar-refractivity contribution >= 4 is 46.4 Å². The number of anilines is 2. The van der Waals surface area contributed by atoms with Crippen LogP contribution in [0, 0.1) is 11.8 Å². The highest BCUT2D eigenvalue weighted by molar-refractivity contribution is 6.37. The minimum atomic E-state index is -0.620. The SMILES string of the molecule is COc1cccc(N2C(=O)C3C4CCCN4C4(CN(C)c5c(Cl)cc(Cl)cc54)C3C2=O)c1. The molecule has 6 nitrogen and oxygen atoms in total. The number of methoxy groups -OCH3 is 1. The van der Waals surface area contributed by atoms with Crippen LogP contribution in [0.15, 0.2) is 36.4 Å². The normalized spacial score (nSPS) is 30.9. The average Bonchev–Trinajstić information content (AvgIpc) is 3.46. The Morgan fingerprint density at radius 3 is 2.72 bits per heavy atom. The van der Waals surface area contributed by atoms with Gasteiger partial charge in [-0.25, -0.2) is 4.90 Å². The molecule has 0 aliphatic carbocycles. The number of rotatable bonds is 2. The number of carbonyl (C=O) groups excluding carboxylic acids is 2. The molecular formula is C24H23Cl2N3O3. The fourth-order valence-corrected chi connectivity index (χ4v) is 7.38. The van der Waals surface area contributed by atoms with Gasteiger partial charge in [-0.2, -0.15) is 0 Å². The lowest BCUT2D eigenvalue weighted by Crippen LogP contribution is -2.52. The Hall–Kier alpha value is -2.28. The molecule has 4 aliphatic heterocycles. The first-order valence-corrected chi connectivity index (χ1v) is 11.6. The highest BCUT2D eigenvalue weighted by atomic mass is 35.5. The van der Waals surface area contributed by atoms with Crippen molar-refractivity contribution in [1.29, 1.82) is 0 Å². The summed E-state index contributed by atoms with van der Waals surface area (Å²) in [6.07, 6.45) is 1.91. The molecule has 4 atom stereocenters. The topological polar surface area (TPSA) is 53.1 Å². The van der Waals surface area contributed by atoms with E-state index in [1.54, 1.807) is 31.4 Å². The van der Waals surface area contributed by atoms with Crippen molar-refractivity contribution in [3.8, 4) is 5.75 Å². The van der Waals surface area contributed by atoms with Gasteiger partial charge in [-0.15, -0.1) is 0 Å². The number of hydrogen-bond acceptors (Lipinski definition) is 5. The summed E-state index contributed by atoms with van der Waals surface area (Å²) in [6.45, 7) is 1.46. The summed E-state index contributed by atoms with van der Waals surface area (Å²) in [7, 11) is 3.57. The van der Waals surface area contributed by atoms with Gasteiger partial charge < -0.3 is 9.64 Å². The molecule has 166 valence electrons. The second-order valence-electron chi connectivity index (χ2n) is 9.18. The van der Waals surface area contributed by atoms with Crippen molar-refractivity contribution in [3.63, 3.8) is 0 Å². The van der Waals surface area contributed by atoms with Gasteiger partial charge in [-0.3, -0.25) is 14.5 Å². The van der Waals surface area contributed by atoms with Crippen LogP contribution in [0.25, 0.3) is 0 Å². The average molecular weight is 472 g/mol. The van der Waals surface area contributed by atoms with Crippen LogP contribution >= 0.6 is 23.2 Å². The van der Waals surface area contributed by atoms with Crippen molar-refractivity contribution in [2.24, 2.45) is 11.8 Å². The van der Waals surface area contributed by atoms with Gasteiger partial charge in [0, 0.05) is 36.3 Å². The van der Waals surface area contributed by atoms with E-state index < -0.39 is 11.5 Å². The number of imide groups is 1. The van der Waals surface area contributed by atoms with E-state index in [2.05, 4.69) is 9.80 Å². The number of amides is 2. The van der Waals surface area contributed by atoms with Crippen LogP contribution in [0.1, 0.15) is 18.4 Å². The van der Waals surface area contributed by atoms with Gasteiger partial charge in [-0.05, 0) is 43.7 Å². The molecule has 3 saturated heterocycles. The molecule has 0 aromatic heterocycles. The zero-order valence-corrected chi connectivity index (χ0v) is 19.4. The molecule has 32 heavy (non-hydrogen) atoms. The van der Waals surface area contributed by atoms with Crippen molar-refractivity contribution in [2.75, 3.05) is 37.0 Å². The molecule has 1 spiro atoms. The van der Waals surface area contributed by atoms with Crippen LogP contribution in [0.4, 0.5) is 11.4 Å². The summed E-state index contributed by atoms with van der Waals surface area (Å²) in [4.78, 5) is 33.7. The molecule has 0 N–H and O–H groups in total. The maximum absolute atomic E-state index is 14.0. The van der Waals surface area contributed by atoms with Gasteiger partial charge in [0.15, 0.2) is 0 Å². The van der Waals surface area contributed by atoms with Crippen molar-refractivity contribution < 1.29 is 14.3 Å². The van der Waals surface area contributed by atoms with E-state index in [4.69, 9.17) is 27.9 Å². The maximum Gasteiger partial charge on any atom is 0.240 e. The number of halogens is 2. The highest BCUT2D eigenvalue weighted by Gasteiger charge is 2.72. The zero-order valence-electron chi connectivity index (χ0n) is 17.8. The fourth-order valence-electron chi connectivity index (χ4n) is 6.75. The summed E-state index contributed by atoms with van der Waals surface area (Å²) in [5.41, 5.74) is 1.81. The number of fused-ring (bicyclic) bond motifs is 7. The molecule has 3 fully saturated rings. The second kappa shape index (κ2) is 6.86. The molecule has 4 unspecified atom stereocenters. The van der Waals surface area contributed by atoms with Gasteiger partial charge in [0.2, 0.25) is 11.8 Å². The summed E-state index contributed by atoms with van der Waals surface area (Å²) in [6, 6.07) is 10.9. The van der Waals surface area contributed by atoms with Crippen molar-refractivity contribution in [2.45, 2.75) is 24.4 Å². The monoisotopic (exact) mass is 471 g/mol. The predicted molar refractivity (Wildman–Crippen MR) is 124 cm³/mol. The lowest BCUT2D eigenvalue weighted by atomic mass is 9.76. The smallest absolute Gasteiger partial charge is 0.240 e. The van der Waals surface area contributed by atoms with Gasteiger partial charge >= 0.3 is 0 Å². The van der Waals surface area contributed by atoms with E-state index >= 15 is 0 Å². The Morgan fingerprint density at radius 1 is 1.12 bits per heavy atom. The number of nitrogens with zero attached hydrogens (tertiary/aromatic N) is 3. The van der Waals surface area contributed by atoms with Crippen LogP contribution in [-0.2, 0) is 15.1 Å². The van der Waals surface area contributed by atoms with E-state index in [9.17, 15) is 9.59 Å². The summed E-state index contributed by atoms with van der Waals surface area (Å²) >= 11 is 13.1. The third-order valence-electron chi connectivity index (χ3n) is 7.76. The molecule has 4 aliphatic rings. The van der Waals surface area contributed by atoms with E-state index in [-0.39, 0.29) is 23.8 Å². The Bertz CT molecular complexity index is 1170. The van der Waals surface area contributed by atoms with E-state index in [0.717, 1.165) is 30.6 Å². The van der Waals surface area contributed by atoms with Crippen molar-refractivity contribution in [3.05, 3.63) is 52.0 Å². The third-order valence-corrected chi connectivity index (χ3v) is 8.26. The molecule has 2 aromatic rings. The standard InChI is InChI=1S/C24H23Cl2N3O3/c1-27-12-24(16-9-13(25)10-17(26)21(16)27)20-19(18-7-4-8-28(18)24)22(30)29(23(20)31)14-5-3-6-15(11-14)32-2/h3,5-6,9-11,18-20H,4,7-8,12H2,1-2H3. The molecule has 2 aromatic carbocycles. The molecular weight excluding hydrogens is 449 g/mol. The summed E-state index contributed by atoms with van der Waals surface area (Å²) in [5, 5.41) is 1.12. The lowest BCUT2D eigenvalue weighted by Gasteiger charge is -2.39. The first-order valence-electron chi connectivity index (χ1n) is 10.9. The first kappa shape index (κ1) is 20.3. The van der Waals surface area contributed by atoms with Crippen LogP contribution in [0.2, 0.25) is 10.0 Å². The van der Waals surface area contributed by atoms with E-state index in [1.807, 2.05) is 19.2 Å². The van der Waals surface area contributed by atoms with Gasteiger partial charge in [-0.1, -0.05) is 29.3 Å². The Labute approximate surface area is 196 Å². The van der Waals surface area contributed by atoms with E-state index in [0.29, 0.717) is 28.0 Å². The van der Waals surface area contributed by atoms with Crippen LogP contribution in [-0.4, -0.2) is 50.0 Å².